The van der Waals surface area contributed by atoms with E-state index < -0.39 is 0 Å². The summed E-state index contributed by atoms with van der Waals surface area (Å²) < 4.78 is 0. The van der Waals surface area contributed by atoms with Crippen LogP contribution in [0.1, 0.15) is 53.5 Å². The second kappa shape index (κ2) is 14.6. The van der Waals surface area contributed by atoms with Crippen molar-refractivity contribution in [1.82, 2.24) is 4.98 Å². The third-order valence-electron chi connectivity index (χ3n) is 1.49. The molecule has 0 fully saturated rings. The Morgan fingerprint density at radius 1 is 1.28 bits per heavy atom. The molecule has 0 aliphatic rings. The molecule has 0 aliphatic heterocycles. The van der Waals surface area contributed by atoms with Gasteiger partial charge >= 0.3 is 0 Å². The zero-order chi connectivity index (χ0) is 14.4. The summed E-state index contributed by atoms with van der Waals surface area (Å²) in [4.78, 5) is 5.30. The Labute approximate surface area is 122 Å². The monoisotopic (exact) mass is 287 g/mol. The SMILES string of the molecule is CC.CCC.CCS/C(C)=C/c1ccc(Cl)nc1. The van der Waals surface area contributed by atoms with Crippen molar-refractivity contribution >= 4 is 29.4 Å². The average Bonchev–Trinajstić information content (AvgIpc) is 2.36. The minimum Gasteiger partial charge on any atom is -0.244 e. The Morgan fingerprint density at radius 2 is 1.83 bits per heavy atom. The highest BCUT2D eigenvalue weighted by Crippen LogP contribution is 2.17. The summed E-state index contributed by atoms with van der Waals surface area (Å²) in [7, 11) is 0. The molecule has 3 heteroatoms. The number of pyridine rings is 1. The summed E-state index contributed by atoms with van der Waals surface area (Å²) in [6.45, 7) is 12.5. The summed E-state index contributed by atoms with van der Waals surface area (Å²) in [5, 5.41) is 0.540. The minimum absolute atomic E-state index is 0.540. The molecule has 0 saturated carbocycles. The lowest BCUT2D eigenvalue weighted by Gasteiger charge is -1.97. The van der Waals surface area contributed by atoms with Gasteiger partial charge in [0, 0.05) is 6.20 Å². The highest BCUT2D eigenvalue weighted by molar-refractivity contribution is 8.03. The third kappa shape index (κ3) is 12.0. The smallest absolute Gasteiger partial charge is 0.129 e. The molecule has 1 nitrogen and oxygen atoms in total. The molecule has 0 amide bonds. The van der Waals surface area contributed by atoms with E-state index in [1.165, 1.54) is 11.3 Å². The van der Waals surface area contributed by atoms with E-state index in [0.29, 0.717) is 5.15 Å². The van der Waals surface area contributed by atoms with Crippen LogP contribution in [0.15, 0.2) is 23.2 Å². The van der Waals surface area contributed by atoms with E-state index >= 15 is 0 Å². The Hall–Kier alpha value is -0.470. The molecule has 104 valence electrons. The van der Waals surface area contributed by atoms with Gasteiger partial charge < -0.3 is 0 Å². The van der Waals surface area contributed by atoms with E-state index in [-0.39, 0.29) is 0 Å². The summed E-state index contributed by atoms with van der Waals surface area (Å²) in [5.74, 6) is 1.10. The summed E-state index contributed by atoms with van der Waals surface area (Å²) in [5.41, 5.74) is 1.10. The van der Waals surface area contributed by atoms with Gasteiger partial charge in [-0.05, 0) is 35.3 Å². The van der Waals surface area contributed by atoms with Crippen LogP contribution in [0.4, 0.5) is 0 Å². The van der Waals surface area contributed by atoms with Gasteiger partial charge in [0.1, 0.15) is 5.15 Å². The van der Waals surface area contributed by atoms with Gasteiger partial charge in [0.25, 0.3) is 0 Å². The van der Waals surface area contributed by atoms with E-state index in [0.717, 1.165) is 11.3 Å². The number of allylic oxidation sites excluding steroid dienone is 1. The van der Waals surface area contributed by atoms with Crippen molar-refractivity contribution < 1.29 is 0 Å². The summed E-state index contributed by atoms with van der Waals surface area (Å²) in [6, 6.07) is 3.77. The molecule has 18 heavy (non-hydrogen) atoms. The van der Waals surface area contributed by atoms with Gasteiger partial charge in [0.2, 0.25) is 0 Å². The van der Waals surface area contributed by atoms with E-state index in [1.807, 2.05) is 31.7 Å². The Bertz CT molecular complexity index is 307. The lowest BCUT2D eigenvalue weighted by molar-refractivity contribution is 1.09. The average molecular weight is 288 g/mol. The van der Waals surface area contributed by atoms with Crippen molar-refractivity contribution in [2.24, 2.45) is 0 Å². The Morgan fingerprint density at radius 3 is 2.22 bits per heavy atom. The Kier molecular flexibility index (Phi) is 16.1. The molecule has 0 unspecified atom stereocenters. The highest BCUT2D eigenvalue weighted by atomic mass is 35.5. The summed E-state index contributed by atoms with van der Waals surface area (Å²) in [6.07, 6.45) is 5.14. The molecule has 1 aromatic heterocycles. The third-order valence-corrected chi connectivity index (χ3v) is 2.58. The maximum atomic E-state index is 5.67. The first kappa shape index (κ1) is 19.9. The number of rotatable bonds is 3. The van der Waals surface area contributed by atoms with Crippen molar-refractivity contribution in [3.63, 3.8) is 0 Å². The largest absolute Gasteiger partial charge is 0.244 e. The zero-order valence-corrected chi connectivity index (χ0v) is 14.0. The molecule has 0 atom stereocenters. The van der Waals surface area contributed by atoms with E-state index in [1.54, 1.807) is 12.3 Å². The van der Waals surface area contributed by atoms with E-state index in [2.05, 4.69) is 38.8 Å². The maximum absolute atomic E-state index is 5.67. The first-order chi connectivity index (χ1) is 8.63. The minimum atomic E-state index is 0.540. The van der Waals surface area contributed by atoms with Crippen molar-refractivity contribution in [2.75, 3.05) is 5.75 Å². The number of nitrogens with zero attached hydrogens (tertiary/aromatic N) is 1. The zero-order valence-electron chi connectivity index (χ0n) is 12.5. The molecule has 0 N–H and O–H groups in total. The van der Waals surface area contributed by atoms with Gasteiger partial charge in [-0.15, -0.1) is 11.8 Å². The van der Waals surface area contributed by atoms with Crippen molar-refractivity contribution in [3.8, 4) is 0 Å². The molecule has 0 aromatic carbocycles. The van der Waals surface area contributed by atoms with Crippen LogP contribution in [0.5, 0.6) is 0 Å². The van der Waals surface area contributed by atoms with Gasteiger partial charge in [0.15, 0.2) is 0 Å². The predicted octanol–water partition coefficient (Wildman–Crippen LogP) is 6.29. The molecule has 0 spiro atoms. The first-order valence-corrected chi connectivity index (χ1v) is 7.93. The van der Waals surface area contributed by atoms with Crippen molar-refractivity contribution in [3.05, 3.63) is 34.0 Å². The molecule has 1 aromatic rings. The lowest BCUT2D eigenvalue weighted by Crippen LogP contribution is -1.78. The van der Waals surface area contributed by atoms with Crippen LogP contribution in [-0.2, 0) is 0 Å². The molecule has 0 saturated heterocycles. The number of thioether (sulfide) groups is 1. The van der Waals surface area contributed by atoms with Gasteiger partial charge in [-0.2, -0.15) is 0 Å². The standard InChI is InChI=1S/C10H12ClNS.C3H8.C2H6/c1-3-13-8(2)6-9-4-5-10(11)12-7-9;1-3-2;1-2/h4-7H,3H2,1-2H3;3H2,1-2H3;1-2H3/b8-6+;;. The van der Waals surface area contributed by atoms with Crippen LogP contribution < -0.4 is 0 Å². The highest BCUT2D eigenvalue weighted by Gasteiger charge is 1.92. The number of hydrogen-bond acceptors (Lipinski definition) is 2. The second-order valence-corrected chi connectivity index (χ2v) is 5.21. The molecule has 0 bridgehead atoms. The van der Waals surface area contributed by atoms with Gasteiger partial charge in [-0.1, -0.05) is 58.7 Å². The normalized spacial score (nSPS) is 9.83. The molecule has 1 heterocycles. The van der Waals surface area contributed by atoms with Crippen LogP contribution in [0.25, 0.3) is 6.08 Å². The molecule has 0 radical (unpaired) electrons. The van der Waals surface area contributed by atoms with E-state index in [4.69, 9.17) is 11.6 Å². The second-order valence-electron chi connectivity index (χ2n) is 3.31. The van der Waals surface area contributed by atoms with Crippen LogP contribution >= 0.6 is 23.4 Å². The number of hydrogen-bond donors (Lipinski definition) is 0. The topological polar surface area (TPSA) is 12.9 Å². The fourth-order valence-corrected chi connectivity index (χ4v) is 1.76. The molecule has 0 aliphatic carbocycles. The first-order valence-electron chi connectivity index (χ1n) is 6.56. The Balaban J connectivity index is 0. The molecule has 1 rings (SSSR count). The molecular formula is C15H26ClNS. The maximum Gasteiger partial charge on any atom is 0.129 e. The van der Waals surface area contributed by atoms with Gasteiger partial charge in [-0.3, -0.25) is 0 Å². The van der Waals surface area contributed by atoms with Crippen LogP contribution in [-0.4, -0.2) is 10.7 Å². The number of halogens is 1. The fraction of sp³-hybridized carbons (Fsp3) is 0.533. The molecular weight excluding hydrogens is 262 g/mol. The predicted molar refractivity (Wildman–Crippen MR) is 88.3 cm³/mol. The van der Waals surface area contributed by atoms with Crippen LogP contribution in [0.2, 0.25) is 5.15 Å². The van der Waals surface area contributed by atoms with Gasteiger partial charge in [-0.25, -0.2) is 4.98 Å². The fourth-order valence-electron chi connectivity index (χ4n) is 0.977. The van der Waals surface area contributed by atoms with Crippen molar-refractivity contribution in [1.29, 1.82) is 0 Å². The number of aromatic nitrogens is 1. The van der Waals surface area contributed by atoms with E-state index in [9.17, 15) is 0 Å². The van der Waals surface area contributed by atoms with Crippen molar-refractivity contribution in [2.45, 2.75) is 48.0 Å². The van der Waals surface area contributed by atoms with Gasteiger partial charge in [0.05, 0.1) is 0 Å². The summed E-state index contributed by atoms with van der Waals surface area (Å²) >= 11 is 7.50. The lowest BCUT2D eigenvalue weighted by atomic mass is 10.3. The quantitative estimate of drug-likeness (QED) is 0.606. The van der Waals surface area contributed by atoms with Crippen LogP contribution in [0, 0.1) is 0 Å². The van der Waals surface area contributed by atoms with Crippen LogP contribution in [0.3, 0.4) is 0 Å².